The van der Waals surface area contributed by atoms with Crippen LogP contribution in [0.15, 0.2) is 6.07 Å². The minimum absolute atomic E-state index is 0.0320. The third-order valence-electron chi connectivity index (χ3n) is 2.71. The molecule has 1 fully saturated rings. The van der Waals surface area contributed by atoms with Gasteiger partial charge in [-0.15, -0.1) is 10.2 Å². The molecule has 1 saturated carbocycles. The van der Waals surface area contributed by atoms with E-state index in [0.29, 0.717) is 0 Å². The number of nitrogens with zero attached hydrogens (tertiary/aromatic N) is 3. The lowest BCUT2D eigenvalue weighted by atomic mass is 10.3. The van der Waals surface area contributed by atoms with Crippen LogP contribution in [0.25, 0.3) is 0 Å². The minimum Gasteiger partial charge on any atom is -0.309 e. The number of hydroxylamine groups is 2. The Morgan fingerprint density at radius 2 is 2.16 bits per heavy atom. The van der Waals surface area contributed by atoms with Crippen molar-refractivity contribution < 1.29 is 14.4 Å². The zero-order valence-corrected chi connectivity index (χ0v) is 11.3. The largest absolute Gasteiger partial charge is 0.309 e. The second kappa shape index (κ2) is 5.50. The number of aromatic nitrogens is 2. The molecule has 7 nitrogen and oxygen atoms in total. The molecule has 0 unspecified atom stereocenters. The Bertz CT molecular complexity index is 519. The highest BCUT2D eigenvalue weighted by molar-refractivity contribution is 6.33. The lowest BCUT2D eigenvalue weighted by Crippen LogP contribution is -2.27. The van der Waals surface area contributed by atoms with Crippen molar-refractivity contribution in [3.63, 3.8) is 0 Å². The fourth-order valence-corrected chi connectivity index (χ4v) is 1.60. The molecule has 1 aromatic heterocycles. The number of halogens is 1. The first-order valence-electron chi connectivity index (χ1n) is 5.69. The third kappa shape index (κ3) is 3.18. The van der Waals surface area contributed by atoms with E-state index in [2.05, 4.69) is 15.5 Å². The standard InChI is InChI=1S/C11H13ClN4O3/c1-16(19-2)11(18)9-7(12)5-8(14-15-9)13-10(17)6-3-4-6/h5-6H,3-4H2,1-2H3,(H,13,14,17). The van der Waals surface area contributed by atoms with Gasteiger partial charge in [0.25, 0.3) is 5.91 Å². The molecule has 2 rings (SSSR count). The first-order valence-corrected chi connectivity index (χ1v) is 6.07. The Labute approximate surface area is 114 Å². The second-order valence-electron chi connectivity index (χ2n) is 4.17. The van der Waals surface area contributed by atoms with Gasteiger partial charge in [-0.3, -0.25) is 14.4 Å². The van der Waals surface area contributed by atoms with Crippen LogP contribution in [0.3, 0.4) is 0 Å². The van der Waals surface area contributed by atoms with Crippen molar-refractivity contribution in [3.05, 3.63) is 16.8 Å². The Hall–Kier alpha value is -1.73. The highest BCUT2D eigenvalue weighted by Crippen LogP contribution is 2.30. The Morgan fingerprint density at radius 3 is 2.68 bits per heavy atom. The summed E-state index contributed by atoms with van der Waals surface area (Å²) in [6.45, 7) is 0. The highest BCUT2D eigenvalue weighted by atomic mass is 35.5. The fourth-order valence-electron chi connectivity index (χ4n) is 1.38. The van der Waals surface area contributed by atoms with Crippen LogP contribution in [0, 0.1) is 5.92 Å². The van der Waals surface area contributed by atoms with Gasteiger partial charge in [0, 0.05) is 19.0 Å². The summed E-state index contributed by atoms with van der Waals surface area (Å²) < 4.78 is 0. The number of carbonyl (C=O) groups is 2. The van der Waals surface area contributed by atoms with Crippen LogP contribution in [0.4, 0.5) is 5.82 Å². The Balaban J connectivity index is 2.12. The van der Waals surface area contributed by atoms with Crippen molar-refractivity contribution >= 4 is 29.2 Å². The summed E-state index contributed by atoms with van der Waals surface area (Å²) in [5.74, 6) is -0.321. The van der Waals surface area contributed by atoms with Gasteiger partial charge in [-0.1, -0.05) is 11.6 Å². The minimum atomic E-state index is -0.514. The topological polar surface area (TPSA) is 84.4 Å². The molecule has 8 heteroatoms. The third-order valence-corrected chi connectivity index (χ3v) is 3.00. The van der Waals surface area contributed by atoms with Gasteiger partial charge in [0.2, 0.25) is 5.91 Å². The van der Waals surface area contributed by atoms with Crippen molar-refractivity contribution in [1.29, 1.82) is 0 Å². The molecular formula is C11H13ClN4O3. The maximum atomic E-state index is 11.8. The lowest BCUT2D eigenvalue weighted by molar-refractivity contribution is -0.117. The number of anilines is 1. The van der Waals surface area contributed by atoms with Crippen molar-refractivity contribution in [2.24, 2.45) is 5.92 Å². The number of carbonyl (C=O) groups excluding carboxylic acids is 2. The quantitative estimate of drug-likeness (QED) is 0.837. The van der Waals surface area contributed by atoms with Gasteiger partial charge in [0.15, 0.2) is 11.5 Å². The van der Waals surface area contributed by atoms with E-state index in [9.17, 15) is 9.59 Å². The molecule has 1 heterocycles. The van der Waals surface area contributed by atoms with E-state index in [1.54, 1.807) is 0 Å². The molecule has 102 valence electrons. The molecule has 0 aromatic carbocycles. The number of nitrogens with one attached hydrogen (secondary N) is 1. The summed E-state index contributed by atoms with van der Waals surface area (Å²) in [5.41, 5.74) is -0.0320. The van der Waals surface area contributed by atoms with Gasteiger partial charge < -0.3 is 5.32 Å². The molecule has 1 N–H and O–H groups in total. The van der Waals surface area contributed by atoms with Gasteiger partial charge in [0.05, 0.1) is 12.1 Å². The fraction of sp³-hybridized carbons (Fsp3) is 0.455. The first kappa shape index (κ1) is 13.7. The van der Waals surface area contributed by atoms with Gasteiger partial charge in [-0.25, -0.2) is 5.06 Å². The van der Waals surface area contributed by atoms with Crippen LogP contribution >= 0.6 is 11.6 Å². The summed E-state index contributed by atoms with van der Waals surface area (Å²) in [6.07, 6.45) is 1.78. The van der Waals surface area contributed by atoms with Crippen molar-refractivity contribution in [2.45, 2.75) is 12.8 Å². The molecule has 1 aliphatic carbocycles. The number of hydrogen-bond donors (Lipinski definition) is 1. The highest BCUT2D eigenvalue weighted by Gasteiger charge is 2.30. The van der Waals surface area contributed by atoms with E-state index < -0.39 is 5.91 Å². The number of amides is 2. The number of rotatable bonds is 4. The summed E-state index contributed by atoms with van der Waals surface area (Å²) in [5, 5.41) is 11.2. The lowest BCUT2D eigenvalue weighted by Gasteiger charge is -2.13. The molecular weight excluding hydrogens is 272 g/mol. The molecule has 0 saturated heterocycles. The summed E-state index contributed by atoms with van der Waals surface area (Å²) in [6, 6.07) is 1.39. The molecule has 2 amide bonds. The Kier molecular flexibility index (Phi) is 3.96. The second-order valence-corrected chi connectivity index (χ2v) is 4.58. The van der Waals surface area contributed by atoms with Crippen molar-refractivity contribution in [3.8, 4) is 0 Å². The Morgan fingerprint density at radius 1 is 1.47 bits per heavy atom. The van der Waals surface area contributed by atoms with E-state index >= 15 is 0 Å². The summed E-state index contributed by atoms with van der Waals surface area (Å²) in [7, 11) is 2.78. The first-order chi connectivity index (χ1) is 9.02. The molecule has 1 aliphatic rings. The molecule has 0 atom stereocenters. The molecule has 1 aromatic rings. The molecule has 0 radical (unpaired) electrons. The predicted octanol–water partition coefficient (Wildman–Crippen LogP) is 1.11. The van der Waals surface area contributed by atoms with Crippen LogP contribution in [0.2, 0.25) is 5.02 Å². The van der Waals surface area contributed by atoms with Gasteiger partial charge in [-0.05, 0) is 12.8 Å². The van der Waals surface area contributed by atoms with Crippen LogP contribution < -0.4 is 5.32 Å². The van der Waals surface area contributed by atoms with Gasteiger partial charge in [0.1, 0.15) is 0 Å². The van der Waals surface area contributed by atoms with Crippen LogP contribution in [0.5, 0.6) is 0 Å². The smallest absolute Gasteiger partial charge is 0.299 e. The van der Waals surface area contributed by atoms with Crippen molar-refractivity contribution in [1.82, 2.24) is 15.3 Å². The SMILES string of the molecule is CON(C)C(=O)c1nnc(NC(=O)C2CC2)cc1Cl. The van der Waals surface area contributed by atoms with Crippen molar-refractivity contribution in [2.75, 3.05) is 19.5 Å². The molecule has 0 bridgehead atoms. The zero-order chi connectivity index (χ0) is 14.0. The monoisotopic (exact) mass is 284 g/mol. The van der Waals surface area contributed by atoms with Crippen LogP contribution in [-0.4, -0.2) is 41.2 Å². The average molecular weight is 285 g/mol. The average Bonchev–Trinajstić information content (AvgIpc) is 3.21. The van der Waals surface area contributed by atoms with E-state index in [-0.39, 0.29) is 28.4 Å². The molecule has 19 heavy (non-hydrogen) atoms. The summed E-state index contributed by atoms with van der Waals surface area (Å²) in [4.78, 5) is 28.1. The van der Waals surface area contributed by atoms with Gasteiger partial charge in [-0.2, -0.15) is 0 Å². The number of hydrogen-bond acceptors (Lipinski definition) is 5. The van der Waals surface area contributed by atoms with E-state index in [4.69, 9.17) is 16.4 Å². The zero-order valence-electron chi connectivity index (χ0n) is 10.5. The van der Waals surface area contributed by atoms with E-state index in [0.717, 1.165) is 17.9 Å². The molecule has 0 aliphatic heterocycles. The molecule has 0 spiro atoms. The van der Waals surface area contributed by atoms with Crippen LogP contribution in [-0.2, 0) is 9.63 Å². The normalized spacial score (nSPS) is 14.1. The van der Waals surface area contributed by atoms with Crippen LogP contribution in [0.1, 0.15) is 23.3 Å². The maximum absolute atomic E-state index is 11.8. The van der Waals surface area contributed by atoms with E-state index in [1.165, 1.54) is 20.2 Å². The van der Waals surface area contributed by atoms with E-state index in [1.807, 2.05) is 0 Å². The summed E-state index contributed by atoms with van der Waals surface area (Å²) >= 11 is 5.95. The van der Waals surface area contributed by atoms with Gasteiger partial charge >= 0.3 is 0 Å². The maximum Gasteiger partial charge on any atom is 0.299 e. The predicted molar refractivity (Wildman–Crippen MR) is 67.5 cm³/mol.